The van der Waals surface area contributed by atoms with Crippen molar-refractivity contribution >= 4 is 134 Å². The van der Waals surface area contributed by atoms with Crippen molar-refractivity contribution in [1.29, 1.82) is 0 Å². The quantitative estimate of drug-likeness (QED) is 0.112. The van der Waals surface area contributed by atoms with Crippen LogP contribution in [0.4, 0.5) is 22.7 Å². The van der Waals surface area contributed by atoms with Gasteiger partial charge in [-0.1, -0.05) is 194 Å². The van der Waals surface area contributed by atoms with Gasteiger partial charge in [-0.15, -0.1) is 0 Å². The molecule has 8 aromatic heterocycles. The van der Waals surface area contributed by atoms with E-state index in [-0.39, 0.29) is 23.6 Å². The molecule has 4 amide bonds. The maximum atomic E-state index is 13.0. The van der Waals surface area contributed by atoms with Gasteiger partial charge in [-0.2, -0.15) is 0 Å². The minimum Gasteiger partial charge on any atom is -0.326 e. The number of imidazole rings is 4. The number of hydrogen-bond acceptors (Lipinski definition) is 12. The molecule has 8 heterocycles. The third-order valence-electron chi connectivity index (χ3n) is 21.6. The summed E-state index contributed by atoms with van der Waals surface area (Å²) in [7, 11) is 15.1. The standard InChI is InChI=1S/4C25H20N4O/c4*1-28-21-13-7-6-12-19(21)27-24(28)20-16-15-17-11-8-14-22(23(17)26-20)29(2)25(30)18-9-4-3-5-10-18/h4*3-16H,1-2H3. The molecule has 120 heavy (non-hydrogen) atoms. The molecule has 0 aliphatic heterocycles. The number of para-hydroxylation sites is 12. The Hall–Kier alpha value is -16.0. The van der Waals surface area contributed by atoms with E-state index in [4.69, 9.17) is 39.9 Å². The zero-order valence-corrected chi connectivity index (χ0v) is 67.1. The highest BCUT2D eigenvalue weighted by Gasteiger charge is 2.24. The molecule has 0 unspecified atom stereocenters. The smallest absolute Gasteiger partial charge is 0.258 e. The number of aryl methyl sites for hydroxylation is 4. The van der Waals surface area contributed by atoms with E-state index in [1.165, 1.54) is 0 Å². The molecule has 0 radical (unpaired) electrons. The van der Waals surface area contributed by atoms with E-state index in [1.807, 2.05) is 386 Å². The topological polar surface area (TPSA) is 204 Å². The summed E-state index contributed by atoms with van der Waals surface area (Å²) in [5.41, 5.74) is 19.8. The van der Waals surface area contributed by atoms with Crippen molar-refractivity contribution in [3.8, 4) is 46.1 Å². The van der Waals surface area contributed by atoms with Crippen LogP contribution in [0.15, 0.2) is 340 Å². The number of benzene rings is 12. The van der Waals surface area contributed by atoms with E-state index in [2.05, 4.69) is 0 Å². The van der Waals surface area contributed by atoms with Crippen molar-refractivity contribution in [2.24, 2.45) is 28.2 Å². The van der Waals surface area contributed by atoms with Gasteiger partial charge in [0.15, 0.2) is 23.3 Å². The van der Waals surface area contributed by atoms with Crippen LogP contribution in [0.25, 0.3) is 134 Å². The lowest BCUT2D eigenvalue weighted by Crippen LogP contribution is -2.26. The van der Waals surface area contributed by atoms with Crippen molar-refractivity contribution in [2.45, 2.75) is 0 Å². The molecule has 0 saturated carbocycles. The highest BCUT2D eigenvalue weighted by molar-refractivity contribution is 6.13. The fourth-order valence-corrected chi connectivity index (χ4v) is 15.1. The number of anilines is 4. The second kappa shape index (κ2) is 33.1. The first-order chi connectivity index (χ1) is 58.5. The van der Waals surface area contributed by atoms with E-state index in [9.17, 15) is 19.2 Å². The van der Waals surface area contributed by atoms with Gasteiger partial charge in [0.1, 0.15) is 22.8 Å². The largest absolute Gasteiger partial charge is 0.326 e. The van der Waals surface area contributed by atoms with Crippen LogP contribution in [0.2, 0.25) is 0 Å². The number of nitrogens with zero attached hydrogens (tertiary/aromatic N) is 16. The van der Waals surface area contributed by atoms with Crippen LogP contribution in [-0.4, -0.2) is 110 Å². The van der Waals surface area contributed by atoms with Gasteiger partial charge in [-0.05, 0) is 146 Å². The molecule has 0 bridgehead atoms. The normalized spacial score (nSPS) is 11.1. The summed E-state index contributed by atoms with van der Waals surface area (Å²) in [6.45, 7) is 0. The average molecular weight is 1570 g/mol. The second-order valence-corrected chi connectivity index (χ2v) is 29.0. The molecular formula is C100H80N16O4. The summed E-state index contributed by atoms with van der Waals surface area (Å²) in [4.78, 5) is 97.4. The Bertz CT molecular complexity index is 6420. The Morgan fingerprint density at radius 3 is 0.600 bits per heavy atom. The number of aromatic nitrogens is 12. The molecule has 20 rings (SSSR count). The van der Waals surface area contributed by atoms with E-state index >= 15 is 0 Å². The fraction of sp³-hybridized carbons (Fsp3) is 0.0800. The third-order valence-corrected chi connectivity index (χ3v) is 21.6. The second-order valence-electron chi connectivity index (χ2n) is 29.0. The first kappa shape index (κ1) is 76.7. The van der Waals surface area contributed by atoms with Gasteiger partial charge >= 0.3 is 0 Å². The van der Waals surface area contributed by atoms with Crippen molar-refractivity contribution in [3.05, 3.63) is 362 Å². The zero-order valence-electron chi connectivity index (χ0n) is 67.1. The summed E-state index contributed by atoms with van der Waals surface area (Å²) in [5.74, 6) is 2.90. The predicted molar refractivity (Wildman–Crippen MR) is 483 cm³/mol. The van der Waals surface area contributed by atoms with Gasteiger partial charge in [-0.25, -0.2) is 39.9 Å². The lowest BCUT2D eigenvalue weighted by atomic mass is 10.1. The zero-order chi connectivity index (χ0) is 82.7. The summed E-state index contributed by atoms with van der Waals surface area (Å²) in [6.07, 6.45) is 0. The van der Waals surface area contributed by atoms with E-state index < -0.39 is 0 Å². The number of pyridine rings is 4. The van der Waals surface area contributed by atoms with Crippen LogP contribution < -0.4 is 19.6 Å². The van der Waals surface area contributed by atoms with Crippen molar-refractivity contribution in [1.82, 2.24) is 58.1 Å². The van der Waals surface area contributed by atoms with Crippen LogP contribution in [0.3, 0.4) is 0 Å². The van der Waals surface area contributed by atoms with Crippen LogP contribution in [0.1, 0.15) is 41.4 Å². The molecule has 0 aliphatic carbocycles. The SMILES string of the molecule is CN(C(=O)c1ccccc1)c1cccc2ccc(-c3nc4ccccc4n3C)nc12.CN(C(=O)c1ccccc1)c1cccc2ccc(-c3nc4ccccc4n3C)nc12.CN(C(=O)c1ccccc1)c1cccc2ccc(-c3nc4ccccc4n3C)nc12.CN(C(=O)c1ccccc1)c1cccc2ccc(-c3nc4ccccc4n3C)nc12. The third kappa shape index (κ3) is 14.9. The summed E-state index contributed by atoms with van der Waals surface area (Å²) in [6, 6.07) is 109. The van der Waals surface area contributed by atoms with Gasteiger partial charge in [-0.3, -0.25) is 19.2 Å². The average Bonchev–Trinajstić information content (AvgIpc) is 1.63. The number of carbonyl (C=O) groups is 4. The monoisotopic (exact) mass is 1570 g/mol. The molecule has 0 N–H and O–H groups in total. The molecule has 0 aliphatic rings. The number of carbonyl (C=O) groups excluding carboxylic acids is 4. The van der Waals surface area contributed by atoms with Crippen molar-refractivity contribution in [3.63, 3.8) is 0 Å². The molecule has 12 aromatic carbocycles. The number of fused-ring (bicyclic) bond motifs is 8. The first-order valence-electron chi connectivity index (χ1n) is 39.1. The van der Waals surface area contributed by atoms with Gasteiger partial charge < -0.3 is 37.9 Å². The molecule has 0 spiro atoms. The van der Waals surface area contributed by atoms with Gasteiger partial charge in [0, 0.05) is 100 Å². The van der Waals surface area contributed by atoms with Crippen LogP contribution in [0.5, 0.6) is 0 Å². The Morgan fingerprint density at radius 1 is 0.208 bits per heavy atom. The molecule has 0 atom stereocenters. The molecule has 20 heteroatoms. The number of hydrogen-bond donors (Lipinski definition) is 0. The van der Waals surface area contributed by atoms with Gasteiger partial charge in [0.05, 0.1) is 88.9 Å². The molecule has 20 aromatic rings. The van der Waals surface area contributed by atoms with Gasteiger partial charge in [0.2, 0.25) is 0 Å². The van der Waals surface area contributed by atoms with Crippen molar-refractivity contribution in [2.75, 3.05) is 47.8 Å². The fourth-order valence-electron chi connectivity index (χ4n) is 15.1. The number of amides is 4. The highest BCUT2D eigenvalue weighted by Crippen LogP contribution is 2.36. The van der Waals surface area contributed by atoms with E-state index in [1.54, 1.807) is 47.8 Å². The minimum absolute atomic E-state index is 0.0713. The Balaban J connectivity index is 0.000000114. The lowest BCUT2D eigenvalue weighted by Gasteiger charge is -2.19. The van der Waals surface area contributed by atoms with E-state index in [0.29, 0.717) is 22.3 Å². The molecule has 584 valence electrons. The Labute approximate surface area is 691 Å². The highest BCUT2D eigenvalue weighted by atomic mass is 16.2. The Morgan fingerprint density at radius 2 is 0.400 bits per heavy atom. The predicted octanol–water partition coefficient (Wildman–Crippen LogP) is 20.3. The summed E-state index contributed by atoms with van der Waals surface area (Å²) >= 11 is 0. The van der Waals surface area contributed by atoms with Gasteiger partial charge in [0.25, 0.3) is 23.6 Å². The number of rotatable bonds is 12. The lowest BCUT2D eigenvalue weighted by molar-refractivity contribution is 0.0985. The molecule has 0 saturated heterocycles. The van der Waals surface area contributed by atoms with Crippen LogP contribution in [-0.2, 0) is 28.2 Å². The van der Waals surface area contributed by atoms with Crippen molar-refractivity contribution < 1.29 is 19.2 Å². The minimum atomic E-state index is -0.0713. The van der Waals surface area contributed by atoms with Crippen LogP contribution >= 0.6 is 0 Å². The summed E-state index contributed by atoms with van der Waals surface area (Å²) < 4.78 is 8.19. The summed E-state index contributed by atoms with van der Waals surface area (Å²) in [5, 5.41) is 3.90. The molecule has 20 nitrogen and oxygen atoms in total. The maximum absolute atomic E-state index is 13.0. The maximum Gasteiger partial charge on any atom is 0.258 e. The molecular weight excluding hydrogens is 1490 g/mol. The van der Waals surface area contributed by atoms with E-state index in [0.717, 1.165) is 157 Å². The Kier molecular flexibility index (Phi) is 21.1. The van der Waals surface area contributed by atoms with Crippen LogP contribution in [0, 0.1) is 0 Å². The molecule has 0 fully saturated rings. The first-order valence-corrected chi connectivity index (χ1v) is 39.1.